The van der Waals surface area contributed by atoms with Gasteiger partial charge in [-0.25, -0.2) is 4.68 Å². The number of nitrogens with zero attached hydrogens (tertiary/aromatic N) is 3. The summed E-state index contributed by atoms with van der Waals surface area (Å²) in [6, 6.07) is 6.62. The Kier molecular flexibility index (Phi) is 4.21. The number of rotatable bonds is 5. The number of benzene rings is 1. The van der Waals surface area contributed by atoms with Crippen molar-refractivity contribution < 1.29 is 14.7 Å². The van der Waals surface area contributed by atoms with E-state index >= 15 is 0 Å². The fourth-order valence-corrected chi connectivity index (χ4v) is 1.62. The molecule has 2 aromatic rings. The molecule has 20 heavy (non-hydrogen) atoms. The average molecular weight is 274 g/mol. The van der Waals surface area contributed by atoms with E-state index in [1.807, 2.05) is 0 Å². The van der Waals surface area contributed by atoms with Crippen LogP contribution in [0.4, 0.5) is 5.69 Å². The van der Waals surface area contributed by atoms with Gasteiger partial charge in [0.25, 0.3) is 0 Å². The second kappa shape index (κ2) is 6.07. The molecule has 0 aliphatic carbocycles. The van der Waals surface area contributed by atoms with Gasteiger partial charge in [0, 0.05) is 11.3 Å². The zero-order valence-corrected chi connectivity index (χ0v) is 10.9. The Hall–Kier alpha value is -2.54. The first-order valence-corrected chi connectivity index (χ1v) is 5.99. The third kappa shape index (κ3) is 3.48. The Labute approximate surface area is 115 Å². The number of anilines is 1. The third-order valence-corrected chi connectivity index (χ3v) is 2.63. The molecule has 1 amide bonds. The first kappa shape index (κ1) is 13.9. The highest BCUT2D eigenvalue weighted by atomic mass is 16.3. The maximum absolute atomic E-state index is 11.8. The predicted octanol–water partition coefficient (Wildman–Crippen LogP) is 0.612. The number of hydrogen-bond acceptors (Lipinski definition) is 5. The minimum Gasteiger partial charge on any atom is -0.390 e. The van der Waals surface area contributed by atoms with Crippen molar-refractivity contribution >= 4 is 17.4 Å². The summed E-state index contributed by atoms with van der Waals surface area (Å²) in [6.07, 6.45) is 1.50. The monoisotopic (exact) mass is 274 g/mol. The van der Waals surface area contributed by atoms with Crippen LogP contribution in [0.25, 0.3) is 0 Å². The smallest absolute Gasteiger partial charge is 0.246 e. The van der Waals surface area contributed by atoms with Crippen LogP contribution in [0, 0.1) is 0 Å². The van der Waals surface area contributed by atoms with Gasteiger partial charge in [0.2, 0.25) is 5.91 Å². The van der Waals surface area contributed by atoms with E-state index in [9.17, 15) is 9.59 Å². The summed E-state index contributed by atoms with van der Waals surface area (Å²) in [6.45, 7) is 1.27. The molecule has 0 unspecified atom stereocenters. The number of amides is 1. The summed E-state index contributed by atoms with van der Waals surface area (Å²) >= 11 is 0. The van der Waals surface area contributed by atoms with Crippen molar-refractivity contribution in [3.05, 3.63) is 41.7 Å². The molecule has 7 heteroatoms. The molecule has 1 heterocycles. The lowest BCUT2D eigenvalue weighted by Crippen LogP contribution is -2.19. The van der Waals surface area contributed by atoms with Crippen molar-refractivity contribution in [1.29, 1.82) is 0 Å². The summed E-state index contributed by atoms with van der Waals surface area (Å²) in [5.74, 6) is -0.294. The second-order valence-electron chi connectivity index (χ2n) is 4.25. The maximum Gasteiger partial charge on any atom is 0.246 e. The summed E-state index contributed by atoms with van der Waals surface area (Å²) in [5, 5.41) is 18.9. The number of Topliss-reactive ketones (excluding diaryl/α,β-unsaturated/α-hetero) is 1. The van der Waals surface area contributed by atoms with Crippen LogP contribution in [-0.2, 0) is 17.9 Å². The van der Waals surface area contributed by atoms with Crippen molar-refractivity contribution in [3.8, 4) is 0 Å². The van der Waals surface area contributed by atoms with Crippen LogP contribution in [0.2, 0.25) is 0 Å². The lowest BCUT2D eigenvalue weighted by Gasteiger charge is -2.05. The first-order chi connectivity index (χ1) is 9.58. The van der Waals surface area contributed by atoms with Crippen molar-refractivity contribution in [3.63, 3.8) is 0 Å². The van der Waals surface area contributed by atoms with Crippen molar-refractivity contribution in [2.45, 2.75) is 20.1 Å². The molecule has 0 saturated carbocycles. The zero-order valence-electron chi connectivity index (χ0n) is 10.9. The first-order valence-electron chi connectivity index (χ1n) is 5.99. The van der Waals surface area contributed by atoms with E-state index in [0.29, 0.717) is 16.9 Å². The third-order valence-electron chi connectivity index (χ3n) is 2.63. The van der Waals surface area contributed by atoms with E-state index < -0.39 is 0 Å². The topological polar surface area (TPSA) is 97.1 Å². The molecule has 0 aliphatic heterocycles. The van der Waals surface area contributed by atoms with Gasteiger partial charge in [0.1, 0.15) is 12.2 Å². The molecule has 0 aliphatic rings. The van der Waals surface area contributed by atoms with Crippen LogP contribution in [0.15, 0.2) is 30.5 Å². The lowest BCUT2D eigenvalue weighted by molar-refractivity contribution is -0.116. The highest BCUT2D eigenvalue weighted by Gasteiger charge is 2.06. The molecule has 1 aromatic heterocycles. The van der Waals surface area contributed by atoms with Crippen LogP contribution < -0.4 is 5.32 Å². The molecule has 1 aromatic carbocycles. The molecule has 2 N–H and O–H groups in total. The summed E-state index contributed by atoms with van der Waals surface area (Å²) in [7, 11) is 0. The standard InChI is InChI=1S/C13H14N4O3/c1-9(19)10-2-4-11(5-3-10)14-13(20)7-17-6-12(8-18)15-16-17/h2-6,18H,7-8H2,1H3,(H,14,20). The number of ketones is 1. The largest absolute Gasteiger partial charge is 0.390 e. The highest BCUT2D eigenvalue weighted by Crippen LogP contribution is 2.10. The number of aliphatic hydroxyl groups excluding tert-OH is 1. The van der Waals surface area contributed by atoms with Gasteiger partial charge >= 0.3 is 0 Å². The molecule has 104 valence electrons. The van der Waals surface area contributed by atoms with Gasteiger partial charge in [-0.1, -0.05) is 5.21 Å². The van der Waals surface area contributed by atoms with E-state index in [1.54, 1.807) is 24.3 Å². The van der Waals surface area contributed by atoms with Gasteiger partial charge < -0.3 is 10.4 Å². The van der Waals surface area contributed by atoms with Gasteiger partial charge in [-0.05, 0) is 31.2 Å². The van der Waals surface area contributed by atoms with E-state index in [4.69, 9.17) is 5.11 Å². The number of carbonyl (C=O) groups is 2. The van der Waals surface area contributed by atoms with Gasteiger partial charge in [-0.2, -0.15) is 0 Å². The Morgan fingerprint density at radius 3 is 2.55 bits per heavy atom. The Morgan fingerprint density at radius 1 is 1.30 bits per heavy atom. The van der Waals surface area contributed by atoms with Crippen molar-refractivity contribution in [2.24, 2.45) is 0 Å². The molecule has 2 rings (SSSR count). The van der Waals surface area contributed by atoms with E-state index in [-0.39, 0.29) is 24.8 Å². The number of carbonyl (C=O) groups excluding carboxylic acids is 2. The van der Waals surface area contributed by atoms with Crippen molar-refractivity contribution in [2.75, 3.05) is 5.32 Å². The minimum atomic E-state index is -0.269. The van der Waals surface area contributed by atoms with E-state index in [1.165, 1.54) is 17.8 Å². The van der Waals surface area contributed by atoms with Crippen LogP contribution in [0.3, 0.4) is 0 Å². The lowest BCUT2D eigenvalue weighted by atomic mass is 10.1. The molecule has 0 saturated heterocycles. The molecule has 7 nitrogen and oxygen atoms in total. The molecule has 0 bridgehead atoms. The maximum atomic E-state index is 11.8. The van der Waals surface area contributed by atoms with Gasteiger partial charge in [-0.15, -0.1) is 5.10 Å². The molecular formula is C13H14N4O3. The van der Waals surface area contributed by atoms with E-state index in [0.717, 1.165) is 0 Å². The van der Waals surface area contributed by atoms with Crippen LogP contribution >= 0.6 is 0 Å². The van der Waals surface area contributed by atoms with Crippen LogP contribution in [0.1, 0.15) is 23.0 Å². The van der Waals surface area contributed by atoms with E-state index in [2.05, 4.69) is 15.6 Å². The van der Waals surface area contributed by atoms with Crippen LogP contribution in [-0.4, -0.2) is 31.8 Å². The SMILES string of the molecule is CC(=O)c1ccc(NC(=O)Cn2cc(CO)nn2)cc1. The summed E-state index contributed by atoms with van der Waals surface area (Å²) in [5.41, 5.74) is 1.60. The van der Waals surface area contributed by atoms with Gasteiger partial charge in [0.15, 0.2) is 5.78 Å². The Bertz CT molecular complexity index is 619. The summed E-state index contributed by atoms with van der Waals surface area (Å²) in [4.78, 5) is 22.9. The molecule has 0 radical (unpaired) electrons. The Morgan fingerprint density at radius 2 is 2.00 bits per heavy atom. The molecular weight excluding hydrogens is 260 g/mol. The normalized spacial score (nSPS) is 10.3. The van der Waals surface area contributed by atoms with Crippen molar-refractivity contribution in [1.82, 2.24) is 15.0 Å². The predicted molar refractivity (Wildman–Crippen MR) is 71.0 cm³/mol. The fourth-order valence-electron chi connectivity index (χ4n) is 1.62. The van der Waals surface area contributed by atoms with Crippen LogP contribution in [0.5, 0.6) is 0 Å². The second-order valence-corrected chi connectivity index (χ2v) is 4.25. The Balaban J connectivity index is 1.95. The average Bonchev–Trinajstić information content (AvgIpc) is 2.86. The highest BCUT2D eigenvalue weighted by molar-refractivity contribution is 5.95. The van der Waals surface area contributed by atoms with Gasteiger partial charge in [-0.3, -0.25) is 9.59 Å². The quantitative estimate of drug-likeness (QED) is 0.779. The number of aromatic nitrogens is 3. The minimum absolute atomic E-state index is 0.00145. The molecule has 0 spiro atoms. The number of aliphatic hydroxyl groups is 1. The zero-order chi connectivity index (χ0) is 14.5. The number of hydrogen-bond donors (Lipinski definition) is 2. The summed E-state index contributed by atoms with van der Waals surface area (Å²) < 4.78 is 1.34. The fraction of sp³-hybridized carbons (Fsp3) is 0.231. The molecule has 0 fully saturated rings. The molecule has 0 atom stereocenters. The number of nitrogens with one attached hydrogen (secondary N) is 1. The van der Waals surface area contributed by atoms with Gasteiger partial charge in [0.05, 0.1) is 12.8 Å².